The first-order valence-corrected chi connectivity index (χ1v) is 10.6. The monoisotopic (exact) mass is 493 g/mol. The number of aromatic nitrogens is 4. The van der Waals surface area contributed by atoms with E-state index in [2.05, 4.69) is 20.4 Å². The number of nitrogens with zero attached hydrogens (tertiary/aromatic N) is 4. The van der Waals surface area contributed by atoms with Gasteiger partial charge in [-0.05, 0) is 29.8 Å². The Labute approximate surface area is 202 Å². The van der Waals surface area contributed by atoms with Gasteiger partial charge in [-0.1, -0.05) is 30.4 Å². The smallest absolute Gasteiger partial charge is 0.404 e. The third-order valence-electron chi connectivity index (χ3n) is 5.02. The van der Waals surface area contributed by atoms with Gasteiger partial charge >= 0.3 is 6.09 Å². The van der Waals surface area contributed by atoms with Crippen LogP contribution in [0.25, 0.3) is 28.7 Å². The van der Waals surface area contributed by atoms with Gasteiger partial charge in [0.2, 0.25) is 0 Å². The van der Waals surface area contributed by atoms with Crippen LogP contribution in [-0.2, 0) is 6.54 Å². The zero-order valence-corrected chi connectivity index (χ0v) is 18.5. The highest BCUT2D eigenvalue weighted by molar-refractivity contribution is 5.65. The van der Waals surface area contributed by atoms with E-state index in [1.165, 1.54) is 12.1 Å². The molecule has 0 aliphatic carbocycles. The van der Waals surface area contributed by atoms with Crippen LogP contribution in [0.1, 0.15) is 11.1 Å². The van der Waals surface area contributed by atoms with Crippen molar-refractivity contribution < 1.29 is 23.1 Å². The molecule has 2 N–H and O–H groups in total. The van der Waals surface area contributed by atoms with E-state index in [9.17, 15) is 22.8 Å². The Hall–Kier alpha value is -4.80. The minimum atomic E-state index is -1.58. The van der Waals surface area contributed by atoms with E-state index in [-0.39, 0.29) is 24.3 Å². The summed E-state index contributed by atoms with van der Waals surface area (Å²) < 4.78 is 41.7. The Morgan fingerprint density at radius 2 is 1.72 bits per heavy atom. The van der Waals surface area contributed by atoms with Crippen molar-refractivity contribution >= 4 is 12.2 Å². The summed E-state index contributed by atoms with van der Waals surface area (Å²) in [6.45, 7) is 0.211. The Balaban J connectivity index is 1.54. The van der Waals surface area contributed by atoms with E-state index in [0.29, 0.717) is 22.5 Å². The molecule has 0 saturated heterocycles. The van der Waals surface area contributed by atoms with Crippen molar-refractivity contribution in [3.63, 3.8) is 0 Å². The van der Waals surface area contributed by atoms with Gasteiger partial charge in [0.25, 0.3) is 5.56 Å². The van der Waals surface area contributed by atoms with Crippen LogP contribution >= 0.6 is 0 Å². The van der Waals surface area contributed by atoms with E-state index < -0.39 is 29.1 Å². The van der Waals surface area contributed by atoms with Crippen molar-refractivity contribution in [3.05, 3.63) is 106 Å². The van der Waals surface area contributed by atoms with Gasteiger partial charge in [-0.15, -0.1) is 0 Å². The van der Waals surface area contributed by atoms with Gasteiger partial charge in [-0.3, -0.25) is 4.79 Å². The van der Waals surface area contributed by atoms with Gasteiger partial charge in [0, 0.05) is 41.7 Å². The Bertz CT molecular complexity index is 1480. The number of amides is 1. The van der Waals surface area contributed by atoms with Crippen molar-refractivity contribution in [2.24, 2.45) is 0 Å². The fraction of sp³-hybridized carbons (Fsp3) is 0.0800. The van der Waals surface area contributed by atoms with Gasteiger partial charge in [-0.2, -0.15) is 5.10 Å². The van der Waals surface area contributed by atoms with Crippen LogP contribution in [-0.4, -0.2) is 37.5 Å². The number of carboxylic acid groups (broad SMARTS) is 1. The molecule has 0 aliphatic rings. The largest absolute Gasteiger partial charge is 0.465 e. The van der Waals surface area contributed by atoms with E-state index in [4.69, 9.17) is 5.11 Å². The predicted octanol–water partition coefficient (Wildman–Crippen LogP) is 4.11. The number of nitrogens with one attached hydrogen (secondary N) is 1. The number of hydrogen-bond donors (Lipinski definition) is 2. The first kappa shape index (κ1) is 24.3. The highest BCUT2D eigenvalue weighted by Crippen LogP contribution is 2.22. The molecule has 0 bridgehead atoms. The summed E-state index contributed by atoms with van der Waals surface area (Å²) in [4.78, 5) is 31.5. The maximum Gasteiger partial charge on any atom is 0.404 e. The predicted molar refractivity (Wildman–Crippen MR) is 125 cm³/mol. The standard InChI is InChI=1S/C25H18F3N5O3/c26-19-10-18(11-20(27)23(19)28)21-6-7-22(34)33(32-21)14-15-3-1-5-17(9-15)24-30-12-16(13-31-24)4-2-8-29-25(35)36/h1-7,9-13,29H,8,14H2,(H,35,36). The quantitative estimate of drug-likeness (QED) is 0.375. The molecule has 4 rings (SSSR count). The Morgan fingerprint density at radius 1 is 1.00 bits per heavy atom. The first-order valence-electron chi connectivity index (χ1n) is 10.6. The highest BCUT2D eigenvalue weighted by atomic mass is 19.2. The van der Waals surface area contributed by atoms with Crippen molar-refractivity contribution in [3.8, 4) is 22.6 Å². The highest BCUT2D eigenvalue weighted by Gasteiger charge is 2.13. The van der Waals surface area contributed by atoms with Crippen molar-refractivity contribution in [1.29, 1.82) is 0 Å². The lowest BCUT2D eigenvalue weighted by Gasteiger charge is -2.09. The lowest BCUT2D eigenvalue weighted by molar-refractivity contribution is 0.195. The molecule has 36 heavy (non-hydrogen) atoms. The Kier molecular flexibility index (Phi) is 7.19. The summed E-state index contributed by atoms with van der Waals surface area (Å²) in [6, 6.07) is 11.3. The average Bonchev–Trinajstić information content (AvgIpc) is 2.86. The minimum absolute atomic E-state index is 0.00446. The molecule has 1 amide bonds. The second-order valence-corrected chi connectivity index (χ2v) is 7.60. The van der Waals surface area contributed by atoms with E-state index >= 15 is 0 Å². The molecule has 11 heteroatoms. The summed E-state index contributed by atoms with van der Waals surface area (Å²) in [6.07, 6.45) is 5.36. The fourth-order valence-electron chi connectivity index (χ4n) is 3.32. The molecule has 2 aromatic carbocycles. The molecule has 0 aliphatic heterocycles. The zero-order chi connectivity index (χ0) is 25.7. The SMILES string of the molecule is O=C(O)NCC=Cc1cnc(-c2cccc(Cn3nc(-c4cc(F)c(F)c(F)c4)ccc3=O)c2)nc1. The molecular weight excluding hydrogens is 475 g/mol. The third-order valence-corrected chi connectivity index (χ3v) is 5.02. The lowest BCUT2D eigenvalue weighted by Crippen LogP contribution is -2.22. The van der Waals surface area contributed by atoms with Crippen LogP contribution in [0.5, 0.6) is 0 Å². The summed E-state index contributed by atoms with van der Waals surface area (Å²) in [5.41, 5.74) is 1.73. The van der Waals surface area contributed by atoms with Crippen molar-refractivity contribution in [1.82, 2.24) is 25.1 Å². The van der Waals surface area contributed by atoms with Crippen LogP contribution in [0.2, 0.25) is 0 Å². The number of benzene rings is 2. The molecule has 8 nitrogen and oxygen atoms in total. The summed E-state index contributed by atoms with van der Waals surface area (Å²) in [5, 5.41) is 15.0. The first-order chi connectivity index (χ1) is 17.3. The van der Waals surface area contributed by atoms with E-state index in [1.54, 1.807) is 48.8 Å². The maximum atomic E-state index is 13.6. The number of rotatable bonds is 7. The van der Waals surface area contributed by atoms with Gasteiger partial charge in [0.05, 0.1) is 12.2 Å². The number of hydrogen-bond acceptors (Lipinski definition) is 5. The molecule has 0 unspecified atom stereocenters. The molecule has 2 heterocycles. The Morgan fingerprint density at radius 3 is 2.42 bits per heavy atom. The average molecular weight is 493 g/mol. The number of halogens is 3. The van der Waals surface area contributed by atoms with Crippen molar-refractivity contribution in [2.45, 2.75) is 6.54 Å². The second-order valence-electron chi connectivity index (χ2n) is 7.60. The molecule has 182 valence electrons. The summed E-state index contributed by atoms with van der Waals surface area (Å²) >= 11 is 0. The molecule has 0 spiro atoms. The zero-order valence-electron chi connectivity index (χ0n) is 18.5. The second kappa shape index (κ2) is 10.6. The van der Waals surface area contributed by atoms with Gasteiger partial charge in [-0.25, -0.2) is 32.6 Å². The summed E-state index contributed by atoms with van der Waals surface area (Å²) in [5.74, 6) is -3.85. The maximum absolute atomic E-state index is 13.6. The van der Waals surface area contributed by atoms with Crippen LogP contribution in [0.3, 0.4) is 0 Å². The van der Waals surface area contributed by atoms with Gasteiger partial charge < -0.3 is 10.4 Å². The fourth-order valence-corrected chi connectivity index (χ4v) is 3.32. The third kappa shape index (κ3) is 5.81. The number of carbonyl (C=O) groups is 1. The molecule has 2 aromatic heterocycles. The van der Waals surface area contributed by atoms with Gasteiger partial charge in [0.1, 0.15) is 0 Å². The minimum Gasteiger partial charge on any atom is -0.465 e. The molecule has 0 radical (unpaired) electrons. The van der Waals surface area contributed by atoms with E-state index in [1.807, 2.05) is 0 Å². The summed E-state index contributed by atoms with van der Waals surface area (Å²) in [7, 11) is 0. The van der Waals surface area contributed by atoms with Crippen LogP contribution < -0.4 is 10.9 Å². The molecule has 0 saturated carbocycles. The molecule has 0 atom stereocenters. The van der Waals surface area contributed by atoms with Crippen LogP contribution in [0.4, 0.5) is 18.0 Å². The lowest BCUT2D eigenvalue weighted by atomic mass is 10.1. The molecule has 4 aromatic rings. The molecular formula is C25H18F3N5O3. The van der Waals surface area contributed by atoms with Crippen LogP contribution in [0, 0.1) is 17.5 Å². The van der Waals surface area contributed by atoms with Crippen LogP contribution in [0.15, 0.2) is 71.8 Å². The van der Waals surface area contributed by atoms with Crippen molar-refractivity contribution in [2.75, 3.05) is 6.54 Å². The normalized spacial score (nSPS) is 11.1. The topological polar surface area (TPSA) is 110 Å². The molecule has 0 fully saturated rings. The van der Waals surface area contributed by atoms with Gasteiger partial charge in [0.15, 0.2) is 23.3 Å². The van der Waals surface area contributed by atoms with E-state index in [0.717, 1.165) is 16.8 Å².